The van der Waals surface area contributed by atoms with Gasteiger partial charge in [0.2, 0.25) is 0 Å². The number of aliphatic hydroxyl groups is 2. The lowest BCUT2D eigenvalue weighted by atomic mass is 9.82. The molecule has 3 nitrogen and oxygen atoms in total. The normalized spacial score (nSPS) is 23.7. The van der Waals surface area contributed by atoms with Gasteiger partial charge in [0.25, 0.3) is 0 Å². The number of halogens is 2. The van der Waals surface area contributed by atoms with Crippen molar-refractivity contribution in [2.45, 2.75) is 31.5 Å². The third-order valence-corrected chi connectivity index (χ3v) is 4.74. The second-order valence-corrected chi connectivity index (χ2v) is 6.49. The summed E-state index contributed by atoms with van der Waals surface area (Å²) in [6, 6.07) is 5.32. The Bertz CT molecular complexity index is 449. The number of hydrogen-bond donors (Lipinski definition) is 2. The minimum absolute atomic E-state index is 0.107. The highest BCUT2D eigenvalue weighted by atomic mass is 35.5. The maximum absolute atomic E-state index is 10.2. The summed E-state index contributed by atoms with van der Waals surface area (Å²) in [4.78, 5) is 2.19. The van der Waals surface area contributed by atoms with E-state index in [1.807, 2.05) is 7.05 Å². The first-order valence-corrected chi connectivity index (χ1v) is 7.71. The molecule has 1 aromatic carbocycles. The van der Waals surface area contributed by atoms with Gasteiger partial charge in [0.1, 0.15) is 0 Å². The van der Waals surface area contributed by atoms with Crippen LogP contribution in [-0.2, 0) is 0 Å². The predicted octanol–water partition coefficient (Wildman–Crippen LogP) is 3.12. The number of rotatable bonds is 6. The fourth-order valence-corrected chi connectivity index (χ4v) is 3.09. The van der Waals surface area contributed by atoms with Gasteiger partial charge in [0, 0.05) is 18.7 Å². The lowest BCUT2D eigenvalue weighted by molar-refractivity contribution is 0.0262. The van der Waals surface area contributed by atoms with Crippen LogP contribution in [0.4, 0.5) is 0 Å². The second-order valence-electron chi connectivity index (χ2n) is 5.70. The smallest absolute Gasteiger partial charge is 0.0817 e. The van der Waals surface area contributed by atoms with E-state index in [1.165, 1.54) is 0 Å². The van der Waals surface area contributed by atoms with Crippen molar-refractivity contribution in [3.63, 3.8) is 0 Å². The van der Waals surface area contributed by atoms with Crippen molar-refractivity contribution < 1.29 is 10.2 Å². The van der Waals surface area contributed by atoms with E-state index in [9.17, 15) is 10.2 Å². The molecule has 0 amide bonds. The standard InChI is InChI=1S/C15H21Cl2NO2/c1-18(9-10-7-11(19)8-10)6-5-14(20)12-3-2-4-13(16)15(12)17/h2-4,10-11,14,19-20H,5-9H2,1H3. The molecule has 20 heavy (non-hydrogen) atoms. The maximum atomic E-state index is 10.2. The van der Waals surface area contributed by atoms with E-state index in [1.54, 1.807) is 18.2 Å². The molecule has 0 saturated heterocycles. The van der Waals surface area contributed by atoms with Crippen molar-refractivity contribution in [2.75, 3.05) is 20.1 Å². The summed E-state index contributed by atoms with van der Waals surface area (Å²) in [5, 5.41) is 20.4. The average molecular weight is 318 g/mol. The Morgan fingerprint density at radius 2 is 2.05 bits per heavy atom. The Balaban J connectivity index is 1.79. The Morgan fingerprint density at radius 1 is 1.35 bits per heavy atom. The summed E-state index contributed by atoms with van der Waals surface area (Å²) >= 11 is 12.1. The van der Waals surface area contributed by atoms with Gasteiger partial charge in [-0.05, 0) is 38.3 Å². The SMILES string of the molecule is CN(CCC(O)c1cccc(Cl)c1Cl)CC1CC(O)C1. The summed E-state index contributed by atoms with van der Waals surface area (Å²) in [5.74, 6) is 0.585. The molecule has 0 bridgehead atoms. The van der Waals surface area contributed by atoms with Crippen molar-refractivity contribution in [3.8, 4) is 0 Å². The van der Waals surface area contributed by atoms with Crippen molar-refractivity contribution in [1.29, 1.82) is 0 Å². The summed E-state index contributed by atoms with van der Waals surface area (Å²) < 4.78 is 0. The van der Waals surface area contributed by atoms with Crippen molar-refractivity contribution >= 4 is 23.2 Å². The van der Waals surface area contributed by atoms with Crippen molar-refractivity contribution in [1.82, 2.24) is 4.90 Å². The summed E-state index contributed by atoms with van der Waals surface area (Å²) in [6.07, 6.45) is 1.70. The Labute approximate surface area is 130 Å². The molecule has 0 heterocycles. The van der Waals surface area contributed by atoms with Crippen LogP contribution in [-0.4, -0.2) is 41.4 Å². The van der Waals surface area contributed by atoms with Crippen LogP contribution in [0.1, 0.15) is 30.9 Å². The van der Waals surface area contributed by atoms with E-state index in [0.717, 1.165) is 25.9 Å². The Morgan fingerprint density at radius 3 is 2.70 bits per heavy atom. The molecule has 1 saturated carbocycles. The van der Waals surface area contributed by atoms with E-state index in [4.69, 9.17) is 23.2 Å². The van der Waals surface area contributed by atoms with E-state index in [0.29, 0.717) is 27.9 Å². The molecule has 1 aliphatic carbocycles. The molecule has 5 heteroatoms. The molecule has 1 aromatic rings. The highest BCUT2D eigenvalue weighted by Crippen LogP contribution is 2.32. The van der Waals surface area contributed by atoms with Gasteiger partial charge in [-0.15, -0.1) is 0 Å². The van der Waals surface area contributed by atoms with E-state index < -0.39 is 6.10 Å². The van der Waals surface area contributed by atoms with E-state index in [2.05, 4.69) is 4.90 Å². The molecule has 2 rings (SSSR count). The van der Waals surface area contributed by atoms with Crippen LogP contribution in [0.3, 0.4) is 0 Å². The third-order valence-electron chi connectivity index (χ3n) is 3.91. The molecular weight excluding hydrogens is 297 g/mol. The first-order chi connectivity index (χ1) is 9.47. The lowest BCUT2D eigenvalue weighted by Gasteiger charge is -2.34. The van der Waals surface area contributed by atoms with Gasteiger partial charge in [-0.3, -0.25) is 0 Å². The quantitative estimate of drug-likeness (QED) is 0.847. The summed E-state index contributed by atoms with van der Waals surface area (Å²) in [6.45, 7) is 1.75. The molecule has 1 fully saturated rings. The summed E-state index contributed by atoms with van der Waals surface area (Å²) in [7, 11) is 2.04. The van der Waals surface area contributed by atoms with Crippen molar-refractivity contribution in [2.24, 2.45) is 5.92 Å². The van der Waals surface area contributed by atoms with Crippen molar-refractivity contribution in [3.05, 3.63) is 33.8 Å². The zero-order valence-corrected chi connectivity index (χ0v) is 13.1. The molecule has 1 unspecified atom stereocenters. The first-order valence-electron chi connectivity index (χ1n) is 6.96. The summed E-state index contributed by atoms with van der Waals surface area (Å²) in [5.41, 5.74) is 0.687. The molecule has 112 valence electrons. The maximum Gasteiger partial charge on any atom is 0.0817 e. The molecule has 0 radical (unpaired) electrons. The van der Waals surface area contributed by atoms with Crippen LogP contribution in [0.5, 0.6) is 0 Å². The van der Waals surface area contributed by atoms with Gasteiger partial charge in [-0.25, -0.2) is 0 Å². The second kappa shape index (κ2) is 7.10. The largest absolute Gasteiger partial charge is 0.393 e. The number of hydrogen-bond acceptors (Lipinski definition) is 3. The topological polar surface area (TPSA) is 43.7 Å². The number of benzene rings is 1. The molecule has 0 spiro atoms. The molecule has 2 N–H and O–H groups in total. The Kier molecular flexibility index (Phi) is 5.70. The van der Waals surface area contributed by atoms with Crippen LogP contribution in [0.15, 0.2) is 18.2 Å². The number of nitrogens with zero attached hydrogens (tertiary/aromatic N) is 1. The zero-order valence-electron chi connectivity index (χ0n) is 11.6. The molecule has 1 aliphatic rings. The van der Waals surface area contributed by atoms with Gasteiger partial charge in [-0.1, -0.05) is 35.3 Å². The van der Waals surface area contributed by atoms with E-state index in [-0.39, 0.29) is 6.10 Å². The van der Waals surface area contributed by atoms with Crippen LogP contribution in [0.25, 0.3) is 0 Å². The molecule has 0 aromatic heterocycles. The van der Waals surface area contributed by atoms with Crippen LogP contribution < -0.4 is 0 Å². The lowest BCUT2D eigenvalue weighted by Crippen LogP contribution is -2.37. The Hall–Kier alpha value is -0.320. The van der Waals surface area contributed by atoms with Gasteiger partial charge in [-0.2, -0.15) is 0 Å². The molecular formula is C15H21Cl2NO2. The van der Waals surface area contributed by atoms with Gasteiger partial charge in [0.15, 0.2) is 0 Å². The van der Waals surface area contributed by atoms with E-state index >= 15 is 0 Å². The number of aliphatic hydroxyl groups excluding tert-OH is 2. The van der Waals surface area contributed by atoms with Gasteiger partial charge in [0.05, 0.1) is 22.3 Å². The van der Waals surface area contributed by atoms with Gasteiger partial charge >= 0.3 is 0 Å². The monoisotopic (exact) mass is 317 g/mol. The average Bonchev–Trinajstić information content (AvgIpc) is 2.37. The highest BCUT2D eigenvalue weighted by molar-refractivity contribution is 6.42. The van der Waals surface area contributed by atoms with Crippen LogP contribution in [0, 0.1) is 5.92 Å². The van der Waals surface area contributed by atoms with Gasteiger partial charge < -0.3 is 15.1 Å². The minimum Gasteiger partial charge on any atom is -0.393 e. The van der Waals surface area contributed by atoms with Crippen LogP contribution >= 0.6 is 23.2 Å². The van der Waals surface area contributed by atoms with Crippen LogP contribution in [0.2, 0.25) is 10.0 Å². The predicted molar refractivity (Wildman–Crippen MR) is 82.3 cm³/mol. The zero-order chi connectivity index (χ0) is 14.7. The minimum atomic E-state index is -0.601. The first kappa shape index (κ1) is 16.1. The molecule has 1 atom stereocenters. The highest BCUT2D eigenvalue weighted by Gasteiger charge is 2.27. The molecule has 0 aliphatic heterocycles. The fraction of sp³-hybridized carbons (Fsp3) is 0.600. The third kappa shape index (κ3) is 4.09. The fourth-order valence-electron chi connectivity index (χ4n) is 2.66.